The highest BCUT2D eigenvalue weighted by atomic mass is 14.5. The molecule has 0 aromatic carbocycles. The van der Waals surface area contributed by atoms with Gasteiger partial charge in [-0.1, -0.05) is 27.2 Å². The molecule has 0 aliphatic heterocycles. The van der Waals surface area contributed by atoms with E-state index in [1.54, 1.807) is 0 Å². The van der Waals surface area contributed by atoms with Crippen molar-refractivity contribution in [2.45, 2.75) is 33.6 Å². The molecule has 0 nitrogen and oxygen atoms in total. The Kier molecular flexibility index (Phi) is 1.33. The summed E-state index contributed by atoms with van der Waals surface area (Å²) in [7, 11) is 0. The fraction of sp³-hybridized carbons (Fsp3) is 1.00. The first-order valence-electron chi connectivity index (χ1n) is 4.72. The fourth-order valence-corrected chi connectivity index (χ4v) is 3.59. The van der Waals surface area contributed by atoms with E-state index in [0.29, 0.717) is 0 Å². The first-order valence-corrected chi connectivity index (χ1v) is 4.72. The van der Waals surface area contributed by atoms with Crippen molar-refractivity contribution in [2.24, 2.45) is 29.6 Å². The van der Waals surface area contributed by atoms with Gasteiger partial charge in [-0.2, -0.15) is 0 Å². The lowest BCUT2D eigenvalue weighted by molar-refractivity contribution is -0.0832. The molecule has 0 heteroatoms. The minimum absolute atomic E-state index is 1.02. The van der Waals surface area contributed by atoms with Crippen molar-refractivity contribution in [1.29, 1.82) is 0 Å². The van der Waals surface area contributed by atoms with Crippen molar-refractivity contribution in [3.05, 3.63) is 0 Å². The van der Waals surface area contributed by atoms with Crippen LogP contribution in [0.3, 0.4) is 0 Å². The van der Waals surface area contributed by atoms with Gasteiger partial charge in [-0.3, -0.25) is 0 Å². The van der Waals surface area contributed by atoms with Gasteiger partial charge in [0, 0.05) is 0 Å². The summed E-state index contributed by atoms with van der Waals surface area (Å²) in [5.74, 6) is 5.31. The molecule has 0 spiro atoms. The number of fused-ring (bicyclic) bond motifs is 2. The van der Waals surface area contributed by atoms with Crippen LogP contribution in [0.25, 0.3) is 0 Å². The van der Waals surface area contributed by atoms with Crippen LogP contribution in [0, 0.1) is 29.6 Å². The van der Waals surface area contributed by atoms with Gasteiger partial charge >= 0.3 is 0 Å². The van der Waals surface area contributed by atoms with E-state index in [-0.39, 0.29) is 0 Å². The van der Waals surface area contributed by atoms with E-state index in [9.17, 15) is 0 Å². The molecule has 3 atom stereocenters. The first-order chi connectivity index (χ1) is 4.72. The van der Waals surface area contributed by atoms with Crippen LogP contribution < -0.4 is 0 Å². The van der Waals surface area contributed by atoms with Crippen LogP contribution in [0.2, 0.25) is 0 Å². The van der Waals surface area contributed by atoms with Gasteiger partial charge in [0.15, 0.2) is 0 Å². The first kappa shape index (κ1) is 6.69. The summed E-state index contributed by atoms with van der Waals surface area (Å²) >= 11 is 0. The molecule has 0 saturated heterocycles. The Morgan fingerprint density at radius 2 is 1.50 bits per heavy atom. The molecule has 0 radical (unpaired) electrons. The fourth-order valence-electron chi connectivity index (χ4n) is 3.59. The quantitative estimate of drug-likeness (QED) is 0.483. The molecule has 3 unspecified atom stereocenters. The lowest BCUT2D eigenvalue weighted by Gasteiger charge is -2.57. The topological polar surface area (TPSA) is 0 Å². The third-order valence-corrected chi connectivity index (χ3v) is 4.18. The third kappa shape index (κ3) is 0.627. The van der Waals surface area contributed by atoms with Crippen molar-refractivity contribution in [3.8, 4) is 0 Å². The lowest BCUT2D eigenvalue weighted by Crippen LogP contribution is -2.50. The summed E-state index contributed by atoms with van der Waals surface area (Å²) in [5.41, 5.74) is 0. The molecule has 0 heterocycles. The van der Waals surface area contributed by atoms with Crippen LogP contribution in [0.1, 0.15) is 33.6 Å². The molecule has 3 fully saturated rings. The number of hydrogen-bond acceptors (Lipinski definition) is 0. The Bertz CT molecular complexity index is 123. The van der Waals surface area contributed by atoms with Crippen LogP contribution in [0.4, 0.5) is 0 Å². The average molecular weight is 138 g/mol. The van der Waals surface area contributed by atoms with E-state index in [4.69, 9.17) is 0 Å². The summed E-state index contributed by atoms with van der Waals surface area (Å²) in [6.45, 7) is 7.34. The molecule has 3 rings (SSSR count). The van der Waals surface area contributed by atoms with Crippen LogP contribution >= 0.6 is 0 Å². The highest BCUT2D eigenvalue weighted by Gasteiger charge is 2.50. The maximum atomic E-state index is 2.45. The van der Waals surface area contributed by atoms with Gasteiger partial charge in [0.2, 0.25) is 0 Å². The summed E-state index contributed by atoms with van der Waals surface area (Å²) in [6.07, 6.45) is 3.02. The summed E-state index contributed by atoms with van der Waals surface area (Å²) in [5, 5.41) is 0. The highest BCUT2D eigenvalue weighted by Crippen LogP contribution is 2.56. The molecule has 58 valence electrons. The smallest absolute Gasteiger partial charge is 0.0331 e. The van der Waals surface area contributed by atoms with Crippen LogP contribution in [0.5, 0.6) is 0 Å². The van der Waals surface area contributed by atoms with E-state index in [1.807, 2.05) is 0 Å². The van der Waals surface area contributed by atoms with Crippen LogP contribution in [-0.2, 0) is 0 Å². The van der Waals surface area contributed by atoms with E-state index in [1.165, 1.54) is 12.8 Å². The Hall–Kier alpha value is 0. The monoisotopic (exact) mass is 138 g/mol. The zero-order valence-electron chi connectivity index (χ0n) is 7.30. The Balaban J connectivity index is 2.12. The van der Waals surface area contributed by atoms with Crippen molar-refractivity contribution in [3.63, 3.8) is 0 Å². The molecule has 2 bridgehead atoms. The summed E-state index contributed by atoms with van der Waals surface area (Å²) in [6, 6.07) is 0. The minimum Gasteiger partial charge on any atom is -0.0622 e. The van der Waals surface area contributed by atoms with Gasteiger partial charge in [0.25, 0.3) is 0 Å². The van der Waals surface area contributed by atoms with Gasteiger partial charge in [0.05, 0.1) is 0 Å². The SMILES string of the molecule is CC1CCC2C(C)C1C2C. The molecule has 0 aromatic heterocycles. The van der Waals surface area contributed by atoms with E-state index >= 15 is 0 Å². The van der Waals surface area contributed by atoms with Gasteiger partial charge in [-0.15, -0.1) is 0 Å². The van der Waals surface area contributed by atoms with Gasteiger partial charge < -0.3 is 0 Å². The maximum absolute atomic E-state index is 2.45. The maximum Gasteiger partial charge on any atom is -0.0331 e. The molecule has 0 aromatic rings. The number of rotatable bonds is 0. The lowest BCUT2D eigenvalue weighted by atomic mass is 9.48. The number of hydrogen-bond donors (Lipinski definition) is 0. The highest BCUT2D eigenvalue weighted by molar-refractivity contribution is 4.98. The molecule has 0 N–H and O–H groups in total. The molecule has 3 aliphatic rings. The predicted octanol–water partition coefficient (Wildman–Crippen LogP) is 2.93. The zero-order chi connectivity index (χ0) is 7.30. The normalized spacial score (nSPS) is 59.7. The van der Waals surface area contributed by atoms with Gasteiger partial charge in [-0.05, 0) is 36.0 Å². The van der Waals surface area contributed by atoms with Crippen molar-refractivity contribution >= 4 is 0 Å². The predicted molar refractivity (Wildman–Crippen MR) is 43.7 cm³/mol. The summed E-state index contributed by atoms with van der Waals surface area (Å²) < 4.78 is 0. The minimum atomic E-state index is 1.02. The summed E-state index contributed by atoms with van der Waals surface area (Å²) in [4.78, 5) is 0. The second-order valence-electron chi connectivity index (χ2n) is 4.51. The Morgan fingerprint density at radius 1 is 0.900 bits per heavy atom. The van der Waals surface area contributed by atoms with Crippen molar-refractivity contribution < 1.29 is 0 Å². The van der Waals surface area contributed by atoms with Gasteiger partial charge in [0.1, 0.15) is 0 Å². The van der Waals surface area contributed by atoms with Gasteiger partial charge in [-0.25, -0.2) is 0 Å². The standard InChI is InChI=1S/C10H18/c1-6-4-5-9-7(2)10(6)8(9)3/h6-10H,4-5H2,1-3H3. The Morgan fingerprint density at radius 3 is 1.80 bits per heavy atom. The second-order valence-corrected chi connectivity index (χ2v) is 4.51. The third-order valence-electron chi connectivity index (χ3n) is 4.18. The van der Waals surface area contributed by atoms with E-state index in [0.717, 1.165) is 29.6 Å². The van der Waals surface area contributed by atoms with Crippen LogP contribution in [-0.4, -0.2) is 0 Å². The molecule has 10 heavy (non-hydrogen) atoms. The largest absolute Gasteiger partial charge is 0.0622 e. The molecule has 3 aliphatic carbocycles. The Labute approximate surface area is 64.0 Å². The average Bonchev–Trinajstić information content (AvgIpc) is 1.88. The van der Waals surface area contributed by atoms with Crippen LogP contribution in [0.15, 0.2) is 0 Å². The molecule has 0 amide bonds. The second kappa shape index (κ2) is 1.99. The molecular formula is C10H18. The van der Waals surface area contributed by atoms with Crippen molar-refractivity contribution in [2.75, 3.05) is 0 Å². The molecule has 3 saturated carbocycles. The molecular weight excluding hydrogens is 120 g/mol. The zero-order valence-corrected chi connectivity index (χ0v) is 7.30. The van der Waals surface area contributed by atoms with E-state index in [2.05, 4.69) is 20.8 Å². The van der Waals surface area contributed by atoms with E-state index < -0.39 is 0 Å². The van der Waals surface area contributed by atoms with Crippen molar-refractivity contribution in [1.82, 2.24) is 0 Å².